The molecule has 0 aliphatic rings. The molecule has 0 spiro atoms. The van der Waals surface area contributed by atoms with Crippen molar-refractivity contribution in [3.63, 3.8) is 0 Å². The molecule has 2 N–H and O–H groups in total. The minimum absolute atomic E-state index is 0.601. The summed E-state index contributed by atoms with van der Waals surface area (Å²) in [5, 5.41) is 8.73. The van der Waals surface area contributed by atoms with Crippen LogP contribution in [0.4, 0.5) is 0 Å². The van der Waals surface area contributed by atoms with Crippen molar-refractivity contribution in [2.45, 2.75) is 25.8 Å². The summed E-state index contributed by atoms with van der Waals surface area (Å²) >= 11 is 0. The summed E-state index contributed by atoms with van der Waals surface area (Å²) in [6.45, 7) is 3.78. The number of aryl methyl sites for hydroxylation is 1. The summed E-state index contributed by atoms with van der Waals surface area (Å²) in [4.78, 5) is 0. The van der Waals surface area contributed by atoms with Crippen LogP contribution in [-0.4, -0.2) is 5.54 Å². The Balaban J connectivity index is 2.77. The van der Waals surface area contributed by atoms with Crippen LogP contribution in [-0.2, 0) is 6.42 Å². The van der Waals surface area contributed by atoms with Crippen molar-refractivity contribution in [2.24, 2.45) is 5.73 Å². The van der Waals surface area contributed by atoms with Crippen LogP contribution < -0.4 is 5.73 Å². The second-order valence-corrected chi connectivity index (χ2v) is 3.69. The maximum atomic E-state index is 8.73. The van der Waals surface area contributed by atoms with Crippen molar-refractivity contribution in [3.05, 3.63) is 35.4 Å². The zero-order valence-corrected chi connectivity index (χ0v) is 8.04. The molecule has 0 aliphatic carbocycles. The van der Waals surface area contributed by atoms with Gasteiger partial charge in [-0.3, -0.25) is 0 Å². The molecule has 0 fully saturated rings. The van der Waals surface area contributed by atoms with Crippen molar-refractivity contribution in [3.8, 4) is 6.07 Å². The summed E-state index contributed by atoms with van der Waals surface area (Å²) in [5.41, 5.74) is 7.30. The van der Waals surface area contributed by atoms with Gasteiger partial charge >= 0.3 is 0 Å². The van der Waals surface area contributed by atoms with Gasteiger partial charge in [-0.05, 0) is 19.4 Å². The SMILES string of the molecule is Cc1ccc(CC(C)(N)C#N)cc1. The predicted octanol–water partition coefficient (Wildman–Crippen LogP) is 1.78. The van der Waals surface area contributed by atoms with Crippen LogP contribution in [0.25, 0.3) is 0 Å². The first-order valence-corrected chi connectivity index (χ1v) is 4.29. The molecule has 1 atom stereocenters. The molecule has 2 heteroatoms. The molecule has 0 amide bonds. The highest BCUT2D eigenvalue weighted by Crippen LogP contribution is 2.10. The number of hydrogen-bond acceptors (Lipinski definition) is 2. The number of rotatable bonds is 2. The third kappa shape index (κ3) is 2.89. The molecule has 0 saturated heterocycles. The number of nitrogens with two attached hydrogens (primary N) is 1. The second-order valence-electron chi connectivity index (χ2n) is 3.69. The normalized spacial score (nSPS) is 14.6. The lowest BCUT2D eigenvalue weighted by Crippen LogP contribution is -2.36. The van der Waals surface area contributed by atoms with Gasteiger partial charge in [-0.25, -0.2) is 0 Å². The van der Waals surface area contributed by atoms with Crippen LogP contribution in [0.3, 0.4) is 0 Å². The van der Waals surface area contributed by atoms with E-state index in [0.29, 0.717) is 6.42 Å². The lowest BCUT2D eigenvalue weighted by atomic mass is 9.95. The van der Waals surface area contributed by atoms with Crippen LogP contribution in [0.15, 0.2) is 24.3 Å². The van der Waals surface area contributed by atoms with E-state index in [0.717, 1.165) is 5.56 Å². The number of benzene rings is 1. The average molecular weight is 174 g/mol. The van der Waals surface area contributed by atoms with E-state index in [1.165, 1.54) is 5.56 Å². The van der Waals surface area contributed by atoms with Crippen LogP contribution in [0, 0.1) is 18.3 Å². The van der Waals surface area contributed by atoms with Crippen molar-refractivity contribution >= 4 is 0 Å². The molecule has 0 aromatic heterocycles. The molecule has 68 valence electrons. The molecule has 1 rings (SSSR count). The molecule has 0 heterocycles. The Bertz CT molecular complexity index is 317. The summed E-state index contributed by atoms with van der Waals surface area (Å²) in [6.07, 6.45) is 0.601. The highest BCUT2D eigenvalue weighted by atomic mass is 14.7. The number of hydrogen-bond donors (Lipinski definition) is 1. The molecular weight excluding hydrogens is 160 g/mol. The number of nitrogens with zero attached hydrogens (tertiary/aromatic N) is 1. The Hall–Kier alpha value is -1.33. The van der Waals surface area contributed by atoms with E-state index >= 15 is 0 Å². The van der Waals surface area contributed by atoms with Crippen LogP contribution in [0.2, 0.25) is 0 Å². The third-order valence-electron chi connectivity index (χ3n) is 1.95. The van der Waals surface area contributed by atoms with E-state index in [1.807, 2.05) is 31.2 Å². The van der Waals surface area contributed by atoms with E-state index in [-0.39, 0.29) is 0 Å². The van der Waals surface area contributed by atoms with Gasteiger partial charge in [0.05, 0.1) is 6.07 Å². The van der Waals surface area contributed by atoms with Gasteiger partial charge in [-0.15, -0.1) is 0 Å². The van der Waals surface area contributed by atoms with E-state index in [9.17, 15) is 0 Å². The molecule has 0 aliphatic heterocycles. The minimum atomic E-state index is -0.755. The molecule has 13 heavy (non-hydrogen) atoms. The van der Waals surface area contributed by atoms with Gasteiger partial charge in [0.15, 0.2) is 0 Å². The number of nitriles is 1. The zero-order valence-electron chi connectivity index (χ0n) is 8.04. The molecule has 2 nitrogen and oxygen atoms in total. The Morgan fingerprint density at radius 2 is 1.92 bits per heavy atom. The van der Waals surface area contributed by atoms with Crippen LogP contribution in [0.1, 0.15) is 18.1 Å². The van der Waals surface area contributed by atoms with Gasteiger partial charge < -0.3 is 5.73 Å². The largest absolute Gasteiger partial charge is 0.313 e. The maximum Gasteiger partial charge on any atom is 0.105 e. The van der Waals surface area contributed by atoms with Gasteiger partial charge in [-0.2, -0.15) is 5.26 Å². The Morgan fingerprint density at radius 1 is 1.38 bits per heavy atom. The summed E-state index contributed by atoms with van der Waals surface area (Å²) in [6, 6.07) is 10.2. The molecule has 0 radical (unpaired) electrons. The lowest BCUT2D eigenvalue weighted by Gasteiger charge is -2.14. The van der Waals surface area contributed by atoms with Gasteiger partial charge in [0.1, 0.15) is 5.54 Å². The highest BCUT2D eigenvalue weighted by molar-refractivity contribution is 5.24. The average Bonchev–Trinajstić information content (AvgIpc) is 2.09. The molecular formula is C11H14N2. The van der Waals surface area contributed by atoms with Gasteiger partial charge in [0.2, 0.25) is 0 Å². The topological polar surface area (TPSA) is 49.8 Å². The first-order chi connectivity index (χ1) is 6.03. The fourth-order valence-electron chi connectivity index (χ4n) is 1.17. The van der Waals surface area contributed by atoms with E-state index < -0.39 is 5.54 Å². The van der Waals surface area contributed by atoms with Crippen LogP contribution >= 0.6 is 0 Å². The predicted molar refractivity (Wildman–Crippen MR) is 53.1 cm³/mol. The molecule has 0 saturated carbocycles. The maximum absolute atomic E-state index is 8.73. The van der Waals surface area contributed by atoms with Gasteiger partial charge in [0, 0.05) is 6.42 Å². The van der Waals surface area contributed by atoms with E-state index in [1.54, 1.807) is 6.92 Å². The fourth-order valence-corrected chi connectivity index (χ4v) is 1.17. The molecule has 1 aromatic carbocycles. The van der Waals surface area contributed by atoms with Crippen molar-refractivity contribution in [2.75, 3.05) is 0 Å². The van der Waals surface area contributed by atoms with Crippen LogP contribution in [0.5, 0.6) is 0 Å². The lowest BCUT2D eigenvalue weighted by molar-refractivity contribution is 0.596. The quantitative estimate of drug-likeness (QED) is 0.743. The molecule has 0 bridgehead atoms. The van der Waals surface area contributed by atoms with Crippen molar-refractivity contribution in [1.82, 2.24) is 0 Å². The summed E-state index contributed by atoms with van der Waals surface area (Å²) in [5.74, 6) is 0. The smallest absolute Gasteiger partial charge is 0.105 e. The summed E-state index contributed by atoms with van der Waals surface area (Å²) in [7, 11) is 0. The standard InChI is InChI=1S/C11H14N2/c1-9-3-5-10(6-4-9)7-11(2,13)8-12/h3-6H,7,13H2,1-2H3. The zero-order chi connectivity index (χ0) is 9.90. The van der Waals surface area contributed by atoms with Crippen molar-refractivity contribution < 1.29 is 0 Å². The van der Waals surface area contributed by atoms with E-state index in [4.69, 9.17) is 11.0 Å². The first-order valence-electron chi connectivity index (χ1n) is 4.29. The van der Waals surface area contributed by atoms with Crippen molar-refractivity contribution in [1.29, 1.82) is 5.26 Å². The second kappa shape index (κ2) is 3.59. The highest BCUT2D eigenvalue weighted by Gasteiger charge is 2.17. The van der Waals surface area contributed by atoms with E-state index in [2.05, 4.69) is 6.07 Å². The fraction of sp³-hybridized carbons (Fsp3) is 0.364. The molecule has 1 unspecified atom stereocenters. The monoisotopic (exact) mass is 174 g/mol. The molecule has 1 aromatic rings. The summed E-state index contributed by atoms with van der Waals surface area (Å²) < 4.78 is 0. The Labute approximate surface area is 79.0 Å². The first kappa shape index (κ1) is 9.76. The van der Waals surface area contributed by atoms with Gasteiger partial charge in [0.25, 0.3) is 0 Å². The Kier molecular flexibility index (Phi) is 2.69. The minimum Gasteiger partial charge on any atom is -0.313 e. The Morgan fingerprint density at radius 3 is 2.38 bits per heavy atom. The van der Waals surface area contributed by atoms with Gasteiger partial charge in [-0.1, -0.05) is 29.8 Å². The third-order valence-corrected chi connectivity index (χ3v) is 1.95.